The first-order chi connectivity index (χ1) is 10.2. The molecular weight excluding hydrogens is 264 g/mol. The number of carbonyl (C=O) groups excluding carboxylic acids is 1. The number of likely N-dealkylation sites (tertiary alicyclic amines) is 1. The first-order valence-electron chi connectivity index (χ1n) is 7.96. The number of hydrogen-bond acceptors (Lipinski definition) is 3. The summed E-state index contributed by atoms with van der Waals surface area (Å²) < 4.78 is 5.89. The topological polar surface area (TPSA) is 41.6 Å². The second-order valence-corrected chi connectivity index (χ2v) is 6.20. The molecule has 1 amide bonds. The quantitative estimate of drug-likeness (QED) is 0.930. The van der Waals surface area contributed by atoms with Gasteiger partial charge in [0.15, 0.2) is 6.10 Å². The average molecular weight is 288 g/mol. The van der Waals surface area contributed by atoms with Crippen molar-refractivity contribution in [2.24, 2.45) is 5.41 Å². The van der Waals surface area contributed by atoms with Crippen molar-refractivity contribution < 1.29 is 9.53 Å². The molecule has 4 heteroatoms. The minimum absolute atomic E-state index is 0.126. The lowest BCUT2D eigenvalue weighted by atomic mass is 9.82. The minimum Gasteiger partial charge on any atom is -0.477 e. The van der Waals surface area contributed by atoms with E-state index >= 15 is 0 Å². The van der Waals surface area contributed by atoms with Crippen LogP contribution in [-0.4, -0.2) is 36.5 Å². The monoisotopic (exact) mass is 288 g/mol. The Morgan fingerprint density at radius 1 is 1.38 bits per heavy atom. The summed E-state index contributed by atoms with van der Waals surface area (Å²) in [5.74, 6) is 0.902. The number of amides is 1. The molecule has 1 N–H and O–H groups in total. The number of ether oxygens (including phenoxy) is 1. The van der Waals surface area contributed by atoms with Crippen LogP contribution in [-0.2, 0) is 4.79 Å². The van der Waals surface area contributed by atoms with Crippen molar-refractivity contribution in [1.82, 2.24) is 4.90 Å². The van der Waals surface area contributed by atoms with Gasteiger partial charge in [-0.2, -0.15) is 0 Å². The van der Waals surface area contributed by atoms with Crippen molar-refractivity contribution >= 4 is 11.6 Å². The van der Waals surface area contributed by atoms with Crippen molar-refractivity contribution in [3.63, 3.8) is 0 Å². The number of hydrogen-bond donors (Lipinski definition) is 1. The van der Waals surface area contributed by atoms with Gasteiger partial charge in [-0.25, -0.2) is 0 Å². The van der Waals surface area contributed by atoms with E-state index in [1.54, 1.807) is 0 Å². The van der Waals surface area contributed by atoms with Crippen LogP contribution < -0.4 is 10.1 Å². The lowest BCUT2D eigenvalue weighted by Crippen LogP contribution is -2.46. The standard InChI is InChI=1S/C17H24N2O2/c1-3-17(4-2)9-10-19(12-17)16(20)15-11-18-13-7-5-6-8-14(13)21-15/h5-8,15,18H,3-4,9-12H2,1-2H3. The third kappa shape index (κ3) is 2.59. The van der Waals surface area contributed by atoms with Gasteiger partial charge in [-0.3, -0.25) is 4.79 Å². The lowest BCUT2D eigenvalue weighted by molar-refractivity contribution is -0.137. The molecule has 3 rings (SSSR count). The third-order valence-electron chi connectivity index (χ3n) is 5.16. The number of anilines is 1. The number of benzene rings is 1. The van der Waals surface area contributed by atoms with E-state index in [0.29, 0.717) is 12.0 Å². The number of para-hydroxylation sites is 2. The molecule has 0 radical (unpaired) electrons. The zero-order chi connectivity index (χ0) is 14.9. The van der Waals surface area contributed by atoms with Gasteiger partial charge in [-0.15, -0.1) is 0 Å². The van der Waals surface area contributed by atoms with Crippen LogP contribution in [0.1, 0.15) is 33.1 Å². The molecule has 21 heavy (non-hydrogen) atoms. The van der Waals surface area contributed by atoms with E-state index in [2.05, 4.69) is 19.2 Å². The predicted molar refractivity (Wildman–Crippen MR) is 83.6 cm³/mol. The van der Waals surface area contributed by atoms with Gasteiger partial charge < -0.3 is 15.0 Å². The fraction of sp³-hybridized carbons (Fsp3) is 0.588. The van der Waals surface area contributed by atoms with Gasteiger partial charge in [-0.05, 0) is 36.8 Å². The maximum absolute atomic E-state index is 12.7. The van der Waals surface area contributed by atoms with E-state index in [1.165, 1.54) is 0 Å². The Balaban J connectivity index is 1.68. The second-order valence-electron chi connectivity index (χ2n) is 6.20. The summed E-state index contributed by atoms with van der Waals surface area (Å²) in [6.45, 7) is 6.75. The van der Waals surface area contributed by atoms with Gasteiger partial charge in [0.05, 0.1) is 12.2 Å². The first-order valence-corrected chi connectivity index (χ1v) is 7.96. The molecule has 2 aliphatic rings. The molecule has 0 bridgehead atoms. The Labute approximate surface area is 126 Å². The smallest absolute Gasteiger partial charge is 0.265 e. The molecule has 0 aromatic heterocycles. The second kappa shape index (κ2) is 5.58. The number of carbonyl (C=O) groups is 1. The zero-order valence-corrected chi connectivity index (χ0v) is 12.9. The van der Waals surface area contributed by atoms with Crippen LogP contribution in [0.5, 0.6) is 5.75 Å². The SMILES string of the molecule is CCC1(CC)CCN(C(=O)C2CNc3ccccc3O2)C1. The average Bonchev–Trinajstić information content (AvgIpc) is 2.99. The summed E-state index contributed by atoms with van der Waals surface area (Å²) >= 11 is 0. The van der Waals surface area contributed by atoms with Gasteiger partial charge in [0.25, 0.3) is 5.91 Å². The van der Waals surface area contributed by atoms with Gasteiger partial charge in [-0.1, -0.05) is 26.0 Å². The number of nitrogens with zero attached hydrogens (tertiary/aromatic N) is 1. The highest BCUT2D eigenvalue weighted by molar-refractivity contribution is 5.83. The minimum atomic E-state index is -0.399. The fourth-order valence-electron chi connectivity index (χ4n) is 3.40. The molecule has 1 unspecified atom stereocenters. The van der Waals surface area contributed by atoms with Gasteiger partial charge in [0, 0.05) is 13.1 Å². The molecule has 1 fully saturated rings. The molecule has 1 saturated heterocycles. The van der Waals surface area contributed by atoms with Crippen molar-refractivity contribution in [2.75, 3.05) is 25.0 Å². The van der Waals surface area contributed by atoms with Crippen LogP contribution in [0.25, 0.3) is 0 Å². The molecular formula is C17H24N2O2. The zero-order valence-electron chi connectivity index (χ0n) is 12.9. The van der Waals surface area contributed by atoms with Crippen LogP contribution in [0.2, 0.25) is 0 Å². The van der Waals surface area contributed by atoms with Crippen molar-refractivity contribution in [3.05, 3.63) is 24.3 Å². The van der Waals surface area contributed by atoms with Crippen LogP contribution in [0, 0.1) is 5.41 Å². The van der Waals surface area contributed by atoms with E-state index in [-0.39, 0.29) is 5.91 Å². The van der Waals surface area contributed by atoms with Crippen molar-refractivity contribution in [3.8, 4) is 5.75 Å². The summed E-state index contributed by atoms with van der Waals surface area (Å²) in [5.41, 5.74) is 1.29. The first kappa shape index (κ1) is 14.2. The Kier molecular flexibility index (Phi) is 3.79. The summed E-state index contributed by atoms with van der Waals surface area (Å²) in [6.07, 6.45) is 2.99. The largest absolute Gasteiger partial charge is 0.477 e. The molecule has 0 saturated carbocycles. The molecule has 114 valence electrons. The Morgan fingerprint density at radius 3 is 2.86 bits per heavy atom. The summed E-state index contributed by atoms with van der Waals surface area (Å²) in [4.78, 5) is 14.7. The van der Waals surface area contributed by atoms with E-state index in [4.69, 9.17) is 4.74 Å². The molecule has 2 heterocycles. The molecule has 0 spiro atoms. The molecule has 1 aromatic carbocycles. The highest BCUT2D eigenvalue weighted by Gasteiger charge is 2.40. The van der Waals surface area contributed by atoms with Crippen molar-refractivity contribution in [1.29, 1.82) is 0 Å². The number of fused-ring (bicyclic) bond motifs is 1. The molecule has 2 aliphatic heterocycles. The third-order valence-corrected chi connectivity index (χ3v) is 5.16. The van der Waals surface area contributed by atoms with Crippen LogP contribution in [0.15, 0.2) is 24.3 Å². The normalized spacial score (nSPS) is 23.1. The predicted octanol–water partition coefficient (Wildman–Crippen LogP) is 2.90. The van der Waals surface area contributed by atoms with Gasteiger partial charge in [0.2, 0.25) is 0 Å². The summed E-state index contributed by atoms with van der Waals surface area (Å²) in [6, 6.07) is 7.79. The van der Waals surface area contributed by atoms with Gasteiger partial charge >= 0.3 is 0 Å². The van der Waals surface area contributed by atoms with E-state index in [9.17, 15) is 4.79 Å². The summed E-state index contributed by atoms with van der Waals surface area (Å²) in [5, 5.41) is 3.29. The molecule has 1 aromatic rings. The summed E-state index contributed by atoms with van der Waals surface area (Å²) in [7, 11) is 0. The maximum Gasteiger partial charge on any atom is 0.265 e. The van der Waals surface area contributed by atoms with Crippen LogP contribution in [0.3, 0.4) is 0 Å². The Bertz CT molecular complexity index is 525. The van der Waals surface area contributed by atoms with Crippen LogP contribution in [0.4, 0.5) is 5.69 Å². The molecule has 1 atom stereocenters. The highest BCUT2D eigenvalue weighted by Crippen LogP contribution is 2.37. The Morgan fingerprint density at radius 2 is 2.14 bits per heavy atom. The maximum atomic E-state index is 12.7. The Hall–Kier alpha value is -1.71. The van der Waals surface area contributed by atoms with E-state index in [1.807, 2.05) is 29.2 Å². The van der Waals surface area contributed by atoms with E-state index < -0.39 is 6.10 Å². The fourth-order valence-corrected chi connectivity index (χ4v) is 3.40. The molecule has 4 nitrogen and oxygen atoms in total. The number of nitrogens with one attached hydrogen (secondary N) is 1. The van der Waals surface area contributed by atoms with E-state index in [0.717, 1.165) is 43.8 Å². The van der Waals surface area contributed by atoms with Crippen molar-refractivity contribution in [2.45, 2.75) is 39.2 Å². The highest BCUT2D eigenvalue weighted by atomic mass is 16.5. The number of rotatable bonds is 3. The van der Waals surface area contributed by atoms with Gasteiger partial charge in [0.1, 0.15) is 5.75 Å². The van der Waals surface area contributed by atoms with Crippen LogP contribution >= 0.6 is 0 Å². The lowest BCUT2D eigenvalue weighted by Gasteiger charge is -2.31. The molecule has 0 aliphatic carbocycles.